The molecule has 0 bridgehead atoms. The minimum absolute atomic E-state index is 0.297. The fraction of sp³-hybridized carbons (Fsp3) is 0.938. The van der Waals surface area contributed by atoms with Crippen molar-refractivity contribution in [3.05, 3.63) is 0 Å². The molecule has 1 heterocycles. The lowest BCUT2D eigenvalue weighted by atomic mass is 9.87. The van der Waals surface area contributed by atoms with Gasteiger partial charge in [-0.1, -0.05) is 6.92 Å². The number of rotatable bonds is 3. The number of hydrogen-bond acceptors (Lipinski definition) is 3. The second-order valence-electron chi connectivity index (χ2n) is 7.08. The Kier molecular flexibility index (Phi) is 5.44. The molecule has 20 heavy (non-hydrogen) atoms. The molecule has 2 fully saturated rings. The third kappa shape index (κ3) is 4.19. The second kappa shape index (κ2) is 6.90. The van der Waals surface area contributed by atoms with Crippen LogP contribution in [0.1, 0.15) is 46.5 Å². The first-order chi connectivity index (χ1) is 9.45. The Labute approximate surface area is 123 Å². The van der Waals surface area contributed by atoms with E-state index in [2.05, 4.69) is 31.0 Å². The highest BCUT2D eigenvalue weighted by molar-refractivity contribution is 5.78. The lowest BCUT2D eigenvalue weighted by Gasteiger charge is -2.38. The van der Waals surface area contributed by atoms with Crippen molar-refractivity contribution in [2.75, 3.05) is 26.7 Å². The highest BCUT2D eigenvalue weighted by atomic mass is 16.2. The summed E-state index contributed by atoms with van der Waals surface area (Å²) in [5.41, 5.74) is 0. The van der Waals surface area contributed by atoms with Crippen LogP contribution in [0.25, 0.3) is 0 Å². The smallest absolute Gasteiger partial charge is 0.236 e. The molecule has 1 saturated carbocycles. The maximum absolute atomic E-state index is 12.5. The summed E-state index contributed by atoms with van der Waals surface area (Å²) in [6.45, 7) is 9.25. The highest BCUT2D eigenvalue weighted by Gasteiger charge is 2.27. The molecule has 0 spiro atoms. The SMILES string of the molecule is CC1CCC(N(C)C(=O)CN2CC(C)NC(C)C2)CC1. The summed E-state index contributed by atoms with van der Waals surface area (Å²) >= 11 is 0. The van der Waals surface area contributed by atoms with E-state index in [1.807, 2.05) is 11.9 Å². The van der Waals surface area contributed by atoms with Crippen molar-refractivity contribution in [2.24, 2.45) is 5.92 Å². The van der Waals surface area contributed by atoms with Crippen LogP contribution in [0.5, 0.6) is 0 Å². The minimum Gasteiger partial charge on any atom is -0.342 e. The van der Waals surface area contributed by atoms with E-state index < -0.39 is 0 Å². The number of piperazine rings is 1. The molecule has 2 unspecified atom stereocenters. The van der Waals surface area contributed by atoms with Crippen molar-refractivity contribution in [1.29, 1.82) is 0 Å². The molecular weight excluding hydrogens is 250 g/mol. The zero-order valence-electron chi connectivity index (χ0n) is 13.6. The molecule has 116 valence electrons. The molecule has 2 aliphatic rings. The zero-order valence-corrected chi connectivity index (χ0v) is 13.6. The van der Waals surface area contributed by atoms with Crippen LogP contribution in [0.4, 0.5) is 0 Å². The molecule has 0 aromatic carbocycles. The molecule has 0 radical (unpaired) electrons. The van der Waals surface area contributed by atoms with Crippen molar-refractivity contribution in [3.63, 3.8) is 0 Å². The molecule has 1 aliphatic carbocycles. The molecule has 0 aromatic rings. The number of hydrogen-bond donors (Lipinski definition) is 1. The van der Waals surface area contributed by atoms with Gasteiger partial charge in [-0.25, -0.2) is 0 Å². The van der Waals surface area contributed by atoms with E-state index in [9.17, 15) is 4.79 Å². The van der Waals surface area contributed by atoms with Gasteiger partial charge in [0.2, 0.25) is 5.91 Å². The summed E-state index contributed by atoms with van der Waals surface area (Å²) in [6, 6.07) is 1.43. The van der Waals surface area contributed by atoms with E-state index in [0.29, 0.717) is 30.6 Å². The third-order valence-electron chi connectivity index (χ3n) is 4.92. The minimum atomic E-state index is 0.297. The van der Waals surface area contributed by atoms with Gasteiger partial charge in [0.15, 0.2) is 0 Å². The summed E-state index contributed by atoms with van der Waals surface area (Å²) < 4.78 is 0. The summed E-state index contributed by atoms with van der Waals surface area (Å²) in [6.07, 6.45) is 4.89. The predicted octanol–water partition coefficient (Wildman–Crippen LogP) is 1.71. The van der Waals surface area contributed by atoms with Gasteiger partial charge in [0.05, 0.1) is 6.54 Å². The largest absolute Gasteiger partial charge is 0.342 e. The zero-order chi connectivity index (χ0) is 14.7. The van der Waals surface area contributed by atoms with Crippen LogP contribution >= 0.6 is 0 Å². The number of amides is 1. The molecule has 1 aliphatic heterocycles. The van der Waals surface area contributed by atoms with Crippen molar-refractivity contribution < 1.29 is 4.79 Å². The lowest BCUT2D eigenvalue weighted by Crippen LogP contribution is -2.56. The Bertz CT molecular complexity index is 316. The number of nitrogens with one attached hydrogen (secondary N) is 1. The Morgan fingerprint density at radius 3 is 2.20 bits per heavy atom. The fourth-order valence-electron chi connectivity index (χ4n) is 3.71. The van der Waals surface area contributed by atoms with Crippen LogP contribution in [0.15, 0.2) is 0 Å². The first-order valence-electron chi connectivity index (χ1n) is 8.19. The highest BCUT2D eigenvalue weighted by Crippen LogP contribution is 2.26. The Morgan fingerprint density at radius 1 is 1.10 bits per heavy atom. The van der Waals surface area contributed by atoms with Crippen LogP contribution in [0, 0.1) is 5.92 Å². The van der Waals surface area contributed by atoms with Gasteiger partial charge in [-0.3, -0.25) is 9.69 Å². The average molecular weight is 281 g/mol. The number of carbonyl (C=O) groups is 1. The summed E-state index contributed by atoms with van der Waals surface area (Å²) in [5.74, 6) is 1.13. The standard InChI is InChI=1S/C16H31N3O/c1-12-5-7-15(8-6-12)18(4)16(20)11-19-9-13(2)17-14(3)10-19/h12-15,17H,5-11H2,1-4H3. The summed E-state index contributed by atoms with van der Waals surface area (Å²) in [4.78, 5) is 16.8. The van der Waals surface area contributed by atoms with Crippen molar-refractivity contribution in [1.82, 2.24) is 15.1 Å². The number of likely N-dealkylation sites (N-methyl/N-ethyl adjacent to an activating group) is 1. The fourth-order valence-corrected chi connectivity index (χ4v) is 3.71. The molecular formula is C16H31N3O. The normalized spacial score (nSPS) is 35.8. The first kappa shape index (κ1) is 15.8. The molecule has 4 nitrogen and oxygen atoms in total. The Morgan fingerprint density at radius 2 is 1.65 bits per heavy atom. The van der Waals surface area contributed by atoms with Gasteiger partial charge < -0.3 is 10.2 Å². The van der Waals surface area contributed by atoms with Crippen molar-refractivity contribution in [2.45, 2.75) is 64.6 Å². The Hall–Kier alpha value is -0.610. The number of nitrogens with zero attached hydrogens (tertiary/aromatic N) is 2. The molecule has 2 atom stereocenters. The van der Waals surface area contributed by atoms with Crippen LogP contribution in [0.3, 0.4) is 0 Å². The second-order valence-corrected chi connectivity index (χ2v) is 7.08. The third-order valence-corrected chi connectivity index (χ3v) is 4.92. The van der Waals surface area contributed by atoms with Crippen LogP contribution in [0.2, 0.25) is 0 Å². The van der Waals surface area contributed by atoms with Crippen LogP contribution in [-0.4, -0.2) is 60.5 Å². The van der Waals surface area contributed by atoms with E-state index in [1.54, 1.807) is 0 Å². The van der Waals surface area contributed by atoms with E-state index in [4.69, 9.17) is 0 Å². The van der Waals surface area contributed by atoms with Gasteiger partial charge in [-0.05, 0) is 45.4 Å². The summed E-state index contributed by atoms with van der Waals surface area (Å²) in [5, 5.41) is 3.51. The van der Waals surface area contributed by atoms with Crippen molar-refractivity contribution >= 4 is 5.91 Å². The molecule has 0 aromatic heterocycles. The predicted molar refractivity (Wildman–Crippen MR) is 82.7 cm³/mol. The molecule has 2 rings (SSSR count). The van der Waals surface area contributed by atoms with Gasteiger partial charge in [-0.2, -0.15) is 0 Å². The molecule has 4 heteroatoms. The first-order valence-corrected chi connectivity index (χ1v) is 8.19. The molecule has 1 saturated heterocycles. The molecule has 1 N–H and O–H groups in total. The van der Waals surface area contributed by atoms with E-state index in [1.165, 1.54) is 25.7 Å². The quantitative estimate of drug-likeness (QED) is 0.855. The van der Waals surface area contributed by atoms with Gasteiger partial charge in [0.1, 0.15) is 0 Å². The van der Waals surface area contributed by atoms with Crippen molar-refractivity contribution in [3.8, 4) is 0 Å². The Balaban J connectivity index is 1.81. The average Bonchev–Trinajstić information content (AvgIpc) is 2.37. The van der Waals surface area contributed by atoms with Crippen LogP contribution < -0.4 is 5.32 Å². The van der Waals surface area contributed by atoms with Gasteiger partial charge in [0.25, 0.3) is 0 Å². The molecule has 1 amide bonds. The monoisotopic (exact) mass is 281 g/mol. The van der Waals surface area contributed by atoms with E-state index >= 15 is 0 Å². The van der Waals surface area contributed by atoms with E-state index in [-0.39, 0.29) is 0 Å². The van der Waals surface area contributed by atoms with E-state index in [0.717, 1.165) is 19.0 Å². The van der Waals surface area contributed by atoms with Gasteiger partial charge in [0, 0.05) is 38.3 Å². The van der Waals surface area contributed by atoms with Crippen LogP contribution in [-0.2, 0) is 4.79 Å². The van der Waals surface area contributed by atoms with Gasteiger partial charge >= 0.3 is 0 Å². The maximum Gasteiger partial charge on any atom is 0.236 e. The lowest BCUT2D eigenvalue weighted by molar-refractivity contribution is -0.134. The van der Waals surface area contributed by atoms with Gasteiger partial charge in [-0.15, -0.1) is 0 Å². The number of carbonyl (C=O) groups excluding carboxylic acids is 1. The maximum atomic E-state index is 12.5. The topological polar surface area (TPSA) is 35.6 Å². The summed E-state index contributed by atoms with van der Waals surface area (Å²) in [7, 11) is 2.00.